The fraction of sp³-hybridized carbons (Fsp3) is 0.391. The van der Waals surface area contributed by atoms with Gasteiger partial charge in [-0.2, -0.15) is 5.26 Å². The molecule has 0 unspecified atom stereocenters. The first kappa shape index (κ1) is 21.3. The van der Waals surface area contributed by atoms with Gasteiger partial charge in [0, 0.05) is 41.8 Å². The number of aromatic nitrogens is 3. The largest absolute Gasteiger partial charge is 0.382 e. The average molecular weight is 405 g/mol. The van der Waals surface area contributed by atoms with Crippen molar-refractivity contribution in [3.63, 3.8) is 0 Å². The molecule has 0 aliphatic heterocycles. The van der Waals surface area contributed by atoms with Gasteiger partial charge in [0.15, 0.2) is 0 Å². The van der Waals surface area contributed by atoms with E-state index in [-0.39, 0.29) is 6.41 Å². The molecule has 1 aliphatic carbocycles. The molecule has 3 aromatic rings. The van der Waals surface area contributed by atoms with Crippen molar-refractivity contribution < 1.29 is 4.79 Å². The molecule has 0 aromatic carbocycles. The second kappa shape index (κ2) is 9.88. The Bertz CT molecular complexity index is 1040. The van der Waals surface area contributed by atoms with Gasteiger partial charge >= 0.3 is 0 Å². The number of carbonyl (C=O) groups excluding carboxylic acids is 1. The summed E-state index contributed by atoms with van der Waals surface area (Å²) in [5.41, 5.74) is 8.08. The van der Waals surface area contributed by atoms with Crippen LogP contribution in [0.5, 0.6) is 0 Å². The fourth-order valence-electron chi connectivity index (χ4n) is 4.03. The molecular weight excluding hydrogens is 376 g/mol. The summed E-state index contributed by atoms with van der Waals surface area (Å²) >= 11 is 0. The molecule has 0 spiro atoms. The quantitative estimate of drug-likeness (QED) is 0.631. The third-order valence-corrected chi connectivity index (χ3v) is 5.31. The van der Waals surface area contributed by atoms with Crippen LogP contribution in [0.15, 0.2) is 36.8 Å². The average Bonchev–Trinajstić information content (AvgIpc) is 3.17. The first-order chi connectivity index (χ1) is 14.6. The zero-order chi connectivity index (χ0) is 21.5. The first-order valence-electron chi connectivity index (χ1n) is 10.4. The number of anilines is 1. The summed E-state index contributed by atoms with van der Waals surface area (Å²) in [5, 5.41) is 13.7. The zero-order valence-electron chi connectivity index (χ0n) is 17.5. The summed E-state index contributed by atoms with van der Waals surface area (Å²) in [6.07, 6.45) is 12.3. The fourth-order valence-corrected chi connectivity index (χ4v) is 4.03. The van der Waals surface area contributed by atoms with Crippen LogP contribution < -0.4 is 11.1 Å². The van der Waals surface area contributed by atoms with Crippen LogP contribution in [0.4, 0.5) is 5.69 Å². The number of primary amides is 1. The number of pyridine rings is 2. The van der Waals surface area contributed by atoms with Crippen molar-refractivity contribution in [2.75, 3.05) is 5.32 Å². The van der Waals surface area contributed by atoms with Crippen LogP contribution in [0.25, 0.3) is 16.9 Å². The lowest BCUT2D eigenvalue weighted by Crippen LogP contribution is -2.15. The van der Waals surface area contributed by atoms with E-state index in [1.54, 1.807) is 6.20 Å². The topological polar surface area (TPSA) is 110 Å². The van der Waals surface area contributed by atoms with Crippen LogP contribution in [0, 0.1) is 11.3 Å². The van der Waals surface area contributed by atoms with E-state index in [0.717, 1.165) is 16.9 Å². The van der Waals surface area contributed by atoms with E-state index >= 15 is 0 Å². The third-order valence-electron chi connectivity index (χ3n) is 5.31. The van der Waals surface area contributed by atoms with Gasteiger partial charge in [0.05, 0.1) is 5.56 Å². The van der Waals surface area contributed by atoms with Crippen molar-refractivity contribution in [1.82, 2.24) is 14.5 Å². The number of fused-ring (bicyclic) bond motifs is 1. The van der Waals surface area contributed by atoms with Crippen LogP contribution in [0.3, 0.4) is 0 Å². The van der Waals surface area contributed by atoms with Gasteiger partial charge in [-0.1, -0.05) is 19.3 Å². The highest BCUT2D eigenvalue weighted by atomic mass is 16.1. The Morgan fingerprint density at radius 1 is 1.23 bits per heavy atom. The monoisotopic (exact) mass is 404 g/mol. The summed E-state index contributed by atoms with van der Waals surface area (Å²) in [4.78, 5) is 17.8. The second-order valence-corrected chi connectivity index (χ2v) is 7.83. The lowest BCUT2D eigenvalue weighted by molar-refractivity contribution is -0.106. The Kier molecular flexibility index (Phi) is 7.02. The van der Waals surface area contributed by atoms with E-state index in [9.17, 15) is 0 Å². The maximum atomic E-state index is 9.08. The predicted octanol–water partition coefficient (Wildman–Crippen LogP) is 4.26. The van der Waals surface area contributed by atoms with Gasteiger partial charge in [0.2, 0.25) is 6.41 Å². The number of nitrogens with zero attached hydrogens (tertiary/aromatic N) is 4. The number of nitrogens with one attached hydrogen (secondary N) is 1. The summed E-state index contributed by atoms with van der Waals surface area (Å²) < 4.78 is 1.99. The van der Waals surface area contributed by atoms with Crippen molar-refractivity contribution in [3.05, 3.63) is 47.9 Å². The SMILES string of the molecule is CC(C)Nc1cc(-n2ccc3cc(C#N)cnc32)ncc1C1CCCCC1.NC=O. The molecule has 4 rings (SSSR count). The van der Waals surface area contributed by atoms with Gasteiger partial charge in [-0.3, -0.25) is 9.36 Å². The smallest absolute Gasteiger partial charge is 0.204 e. The molecule has 1 saturated carbocycles. The van der Waals surface area contributed by atoms with E-state index in [2.05, 4.69) is 42.0 Å². The Morgan fingerprint density at radius 3 is 2.63 bits per heavy atom. The van der Waals surface area contributed by atoms with Crippen LogP contribution >= 0.6 is 0 Å². The van der Waals surface area contributed by atoms with Gasteiger partial charge in [-0.25, -0.2) is 9.97 Å². The molecule has 7 heteroatoms. The maximum Gasteiger partial charge on any atom is 0.204 e. The molecule has 0 bridgehead atoms. The summed E-state index contributed by atoms with van der Waals surface area (Å²) in [7, 11) is 0. The molecule has 1 fully saturated rings. The number of rotatable bonds is 4. The minimum Gasteiger partial charge on any atom is -0.382 e. The van der Waals surface area contributed by atoms with Crippen LogP contribution in [0.2, 0.25) is 0 Å². The molecule has 7 nitrogen and oxygen atoms in total. The number of nitrogens with two attached hydrogens (primary N) is 1. The molecular formula is C23H28N6O. The number of carbonyl (C=O) groups is 1. The lowest BCUT2D eigenvalue weighted by Gasteiger charge is -2.25. The zero-order valence-corrected chi connectivity index (χ0v) is 17.5. The Hall–Kier alpha value is -3.40. The van der Waals surface area contributed by atoms with Crippen molar-refractivity contribution in [3.8, 4) is 11.9 Å². The molecule has 0 radical (unpaired) electrons. The molecule has 1 aliphatic rings. The van der Waals surface area contributed by atoms with Crippen LogP contribution in [0.1, 0.15) is 63.0 Å². The second-order valence-electron chi connectivity index (χ2n) is 7.83. The van der Waals surface area contributed by atoms with E-state index in [1.165, 1.54) is 43.4 Å². The lowest BCUT2D eigenvalue weighted by atomic mass is 9.84. The highest BCUT2D eigenvalue weighted by molar-refractivity contribution is 5.79. The maximum absolute atomic E-state index is 9.08. The summed E-state index contributed by atoms with van der Waals surface area (Å²) in [5.74, 6) is 1.45. The number of hydrogen-bond acceptors (Lipinski definition) is 5. The molecule has 0 atom stereocenters. The molecule has 3 N–H and O–H groups in total. The number of nitriles is 1. The van der Waals surface area contributed by atoms with Gasteiger partial charge in [0.25, 0.3) is 0 Å². The Balaban J connectivity index is 0.000000806. The van der Waals surface area contributed by atoms with E-state index in [4.69, 9.17) is 15.0 Å². The van der Waals surface area contributed by atoms with Crippen molar-refractivity contribution in [2.24, 2.45) is 5.73 Å². The van der Waals surface area contributed by atoms with E-state index in [0.29, 0.717) is 17.5 Å². The minimum atomic E-state index is 0.250. The molecule has 156 valence electrons. The molecule has 3 aromatic heterocycles. The molecule has 3 heterocycles. The first-order valence-corrected chi connectivity index (χ1v) is 10.4. The number of amides is 1. The van der Waals surface area contributed by atoms with Crippen molar-refractivity contribution >= 4 is 23.1 Å². The minimum absolute atomic E-state index is 0.250. The molecule has 0 saturated heterocycles. The Labute approximate surface area is 176 Å². The summed E-state index contributed by atoms with van der Waals surface area (Å²) in [6.45, 7) is 4.33. The van der Waals surface area contributed by atoms with Crippen LogP contribution in [-0.4, -0.2) is 27.0 Å². The van der Waals surface area contributed by atoms with Crippen LogP contribution in [-0.2, 0) is 4.79 Å². The van der Waals surface area contributed by atoms with Gasteiger partial charge in [-0.05, 0) is 50.3 Å². The van der Waals surface area contributed by atoms with Gasteiger partial charge in [-0.15, -0.1) is 0 Å². The molecule has 1 amide bonds. The standard InChI is InChI=1S/C22H25N5.CH3NO/c1-15(2)26-20-11-21(24-14-19(20)17-6-4-3-5-7-17)27-9-8-18-10-16(12-23)13-25-22(18)27;2-1-3/h8-11,13-15,17H,3-7H2,1-2H3,(H,24,26);1H,(H2,2,3). The predicted molar refractivity (Wildman–Crippen MR) is 118 cm³/mol. The summed E-state index contributed by atoms with van der Waals surface area (Å²) in [6, 6.07) is 8.49. The van der Waals surface area contributed by atoms with E-state index in [1.807, 2.05) is 29.1 Å². The van der Waals surface area contributed by atoms with Gasteiger partial charge < -0.3 is 11.1 Å². The molecule has 30 heavy (non-hydrogen) atoms. The number of hydrogen-bond donors (Lipinski definition) is 2. The van der Waals surface area contributed by atoms with Crippen molar-refractivity contribution in [2.45, 2.75) is 57.9 Å². The van der Waals surface area contributed by atoms with Gasteiger partial charge in [0.1, 0.15) is 17.5 Å². The highest BCUT2D eigenvalue weighted by Crippen LogP contribution is 2.37. The highest BCUT2D eigenvalue weighted by Gasteiger charge is 2.20. The van der Waals surface area contributed by atoms with Crippen molar-refractivity contribution in [1.29, 1.82) is 5.26 Å². The Morgan fingerprint density at radius 2 is 1.97 bits per heavy atom. The van der Waals surface area contributed by atoms with E-state index < -0.39 is 0 Å². The third kappa shape index (κ3) is 4.77. The normalized spacial score (nSPS) is 14.1.